The number of rotatable bonds is 3. The van der Waals surface area contributed by atoms with E-state index < -0.39 is 0 Å². The summed E-state index contributed by atoms with van der Waals surface area (Å²) in [6, 6.07) is 14.3. The van der Waals surface area contributed by atoms with Gasteiger partial charge >= 0.3 is 0 Å². The lowest BCUT2D eigenvalue weighted by Gasteiger charge is -2.09. The molecule has 1 aromatic carbocycles. The number of aromatic nitrogens is 1. The quantitative estimate of drug-likeness (QED) is 0.789. The molecule has 0 spiro atoms. The highest BCUT2D eigenvalue weighted by atomic mass is 32.2. The van der Waals surface area contributed by atoms with Crippen LogP contribution in [0.1, 0.15) is 5.56 Å². The van der Waals surface area contributed by atoms with E-state index in [0.29, 0.717) is 5.56 Å². The maximum atomic E-state index is 9.21. The van der Waals surface area contributed by atoms with Crippen LogP contribution in [0.5, 0.6) is 0 Å². The molecule has 18 heavy (non-hydrogen) atoms. The van der Waals surface area contributed by atoms with E-state index in [1.807, 2.05) is 48.9 Å². The van der Waals surface area contributed by atoms with Crippen LogP contribution in [-0.4, -0.2) is 17.5 Å². The lowest BCUT2D eigenvalue weighted by Crippen LogP contribution is -1.93. The molecule has 4 heteroatoms. The summed E-state index contributed by atoms with van der Waals surface area (Å²) < 4.78 is 0. The Balaban J connectivity index is 2.62. The van der Waals surface area contributed by atoms with Gasteiger partial charge < -0.3 is 0 Å². The molecule has 1 aromatic heterocycles. The zero-order valence-corrected chi connectivity index (χ0v) is 11.8. The number of nitriles is 1. The number of benzene rings is 1. The average Bonchev–Trinajstić information content (AvgIpc) is 2.46. The number of hydrogen-bond donors (Lipinski definition) is 0. The fourth-order valence-electron chi connectivity index (χ4n) is 1.67. The smallest absolute Gasteiger partial charge is 0.115 e. The Morgan fingerprint density at radius 1 is 1.11 bits per heavy atom. The van der Waals surface area contributed by atoms with Crippen LogP contribution in [0, 0.1) is 11.3 Å². The van der Waals surface area contributed by atoms with Crippen LogP contribution in [0.3, 0.4) is 0 Å². The predicted octanol–water partition coefficient (Wildman–Crippen LogP) is 4.06. The standard InChI is InChI=1S/C14H12N2S2/c1-17-13-8-12(10-6-4-3-5-7-10)16-14(18-2)11(13)9-15/h3-8H,1-2H3. The third-order valence-electron chi connectivity index (χ3n) is 2.54. The van der Waals surface area contributed by atoms with E-state index in [1.165, 1.54) is 11.8 Å². The molecule has 0 radical (unpaired) electrons. The van der Waals surface area contributed by atoms with E-state index in [2.05, 4.69) is 11.1 Å². The van der Waals surface area contributed by atoms with Crippen molar-refractivity contribution in [2.75, 3.05) is 12.5 Å². The van der Waals surface area contributed by atoms with Crippen molar-refractivity contribution in [2.24, 2.45) is 0 Å². The third-order valence-corrected chi connectivity index (χ3v) is 3.99. The van der Waals surface area contributed by atoms with Crippen molar-refractivity contribution in [1.29, 1.82) is 5.26 Å². The maximum Gasteiger partial charge on any atom is 0.115 e. The van der Waals surface area contributed by atoms with E-state index in [9.17, 15) is 5.26 Å². The second-order valence-electron chi connectivity index (χ2n) is 3.57. The van der Waals surface area contributed by atoms with Gasteiger partial charge in [-0.1, -0.05) is 30.3 Å². The minimum atomic E-state index is 0.676. The molecular weight excluding hydrogens is 260 g/mol. The molecule has 0 aliphatic carbocycles. The monoisotopic (exact) mass is 272 g/mol. The van der Waals surface area contributed by atoms with Gasteiger partial charge in [0.05, 0.1) is 11.3 Å². The first-order valence-corrected chi connectivity index (χ1v) is 7.83. The molecule has 90 valence electrons. The Hall–Kier alpha value is -1.44. The van der Waals surface area contributed by atoms with Crippen LogP contribution in [0.4, 0.5) is 0 Å². The van der Waals surface area contributed by atoms with Gasteiger partial charge in [-0.2, -0.15) is 5.26 Å². The summed E-state index contributed by atoms with van der Waals surface area (Å²) in [7, 11) is 0. The van der Waals surface area contributed by atoms with Crippen molar-refractivity contribution in [3.05, 3.63) is 42.0 Å². The van der Waals surface area contributed by atoms with Gasteiger partial charge in [0.25, 0.3) is 0 Å². The van der Waals surface area contributed by atoms with Crippen LogP contribution in [0.25, 0.3) is 11.3 Å². The van der Waals surface area contributed by atoms with Gasteiger partial charge in [0.2, 0.25) is 0 Å². The normalized spacial score (nSPS) is 10.1. The molecule has 0 bridgehead atoms. The predicted molar refractivity (Wildman–Crippen MR) is 78.0 cm³/mol. The molecule has 2 nitrogen and oxygen atoms in total. The molecular formula is C14H12N2S2. The lowest BCUT2D eigenvalue weighted by molar-refractivity contribution is 1.07. The third kappa shape index (κ3) is 2.53. The SMILES string of the molecule is CSc1cc(-c2ccccc2)nc(SC)c1C#N. The van der Waals surface area contributed by atoms with Crippen LogP contribution in [0.2, 0.25) is 0 Å². The summed E-state index contributed by atoms with van der Waals surface area (Å²) in [5.41, 5.74) is 2.67. The van der Waals surface area contributed by atoms with Gasteiger partial charge in [-0.15, -0.1) is 23.5 Å². The van der Waals surface area contributed by atoms with Crippen LogP contribution in [0.15, 0.2) is 46.3 Å². The Kier molecular flexibility index (Phi) is 4.29. The zero-order valence-electron chi connectivity index (χ0n) is 10.2. The van der Waals surface area contributed by atoms with Gasteiger partial charge in [0.15, 0.2) is 0 Å². The molecule has 0 aliphatic rings. The Bertz CT molecular complexity index is 563. The first-order chi connectivity index (χ1) is 8.80. The van der Waals surface area contributed by atoms with Crippen LogP contribution < -0.4 is 0 Å². The Morgan fingerprint density at radius 3 is 2.39 bits per heavy atom. The second kappa shape index (κ2) is 5.94. The fraction of sp³-hybridized carbons (Fsp3) is 0.143. The van der Waals surface area contributed by atoms with Crippen molar-refractivity contribution < 1.29 is 0 Å². The van der Waals surface area contributed by atoms with Gasteiger partial charge in [0.1, 0.15) is 11.1 Å². The topological polar surface area (TPSA) is 36.7 Å². The fourth-order valence-corrected chi connectivity index (χ4v) is 2.86. The minimum Gasteiger partial charge on any atom is -0.240 e. The largest absolute Gasteiger partial charge is 0.240 e. The first kappa shape index (κ1) is 13.0. The summed E-state index contributed by atoms with van der Waals surface area (Å²) in [4.78, 5) is 5.55. The Labute approximate surface area is 115 Å². The maximum absolute atomic E-state index is 9.21. The molecule has 0 saturated heterocycles. The van der Waals surface area contributed by atoms with Gasteiger partial charge in [-0.05, 0) is 18.6 Å². The number of pyridine rings is 1. The molecule has 0 N–H and O–H groups in total. The number of hydrogen-bond acceptors (Lipinski definition) is 4. The summed E-state index contributed by atoms with van der Waals surface area (Å²) >= 11 is 3.09. The van der Waals surface area contributed by atoms with Crippen molar-refractivity contribution >= 4 is 23.5 Å². The summed E-state index contributed by atoms with van der Waals surface area (Å²) in [5, 5.41) is 10.0. The van der Waals surface area contributed by atoms with E-state index in [-0.39, 0.29) is 0 Å². The molecule has 0 saturated carbocycles. The molecule has 1 heterocycles. The average molecular weight is 272 g/mol. The minimum absolute atomic E-state index is 0.676. The molecule has 0 unspecified atom stereocenters. The summed E-state index contributed by atoms with van der Waals surface area (Å²) in [6.07, 6.45) is 3.93. The summed E-state index contributed by atoms with van der Waals surface area (Å²) in [6.45, 7) is 0. The van der Waals surface area contributed by atoms with Crippen molar-refractivity contribution in [1.82, 2.24) is 4.98 Å². The lowest BCUT2D eigenvalue weighted by atomic mass is 10.1. The highest BCUT2D eigenvalue weighted by Gasteiger charge is 2.12. The highest BCUT2D eigenvalue weighted by molar-refractivity contribution is 7.99. The van der Waals surface area contributed by atoms with E-state index in [0.717, 1.165) is 21.2 Å². The second-order valence-corrected chi connectivity index (χ2v) is 5.21. The van der Waals surface area contributed by atoms with E-state index in [4.69, 9.17) is 0 Å². The van der Waals surface area contributed by atoms with Crippen molar-refractivity contribution in [3.63, 3.8) is 0 Å². The zero-order chi connectivity index (χ0) is 13.0. The number of nitrogens with zero attached hydrogens (tertiary/aromatic N) is 2. The Morgan fingerprint density at radius 2 is 1.83 bits per heavy atom. The van der Waals surface area contributed by atoms with Crippen LogP contribution >= 0.6 is 23.5 Å². The number of thioether (sulfide) groups is 2. The molecule has 0 fully saturated rings. The highest BCUT2D eigenvalue weighted by Crippen LogP contribution is 2.31. The first-order valence-electron chi connectivity index (χ1n) is 5.38. The van der Waals surface area contributed by atoms with Gasteiger partial charge in [-0.25, -0.2) is 4.98 Å². The summed E-state index contributed by atoms with van der Waals surface area (Å²) in [5.74, 6) is 0. The van der Waals surface area contributed by atoms with Gasteiger partial charge in [-0.3, -0.25) is 0 Å². The van der Waals surface area contributed by atoms with Crippen molar-refractivity contribution in [2.45, 2.75) is 9.92 Å². The van der Waals surface area contributed by atoms with Crippen LogP contribution in [-0.2, 0) is 0 Å². The van der Waals surface area contributed by atoms with E-state index in [1.54, 1.807) is 11.8 Å². The van der Waals surface area contributed by atoms with Crippen molar-refractivity contribution in [3.8, 4) is 17.3 Å². The molecule has 2 rings (SSSR count). The molecule has 2 aromatic rings. The van der Waals surface area contributed by atoms with Gasteiger partial charge in [0, 0.05) is 10.5 Å². The van der Waals surface area contributed by atoms with E-state index >= 15 is 0 Å². The molecule has 0 amide bonds. The molecule has 0 atom stereocenters. The molecule has 0 aliphatic heterocycles.